The molecule has 4 unspecified atom stereocenters. The summed E-state index contributed by atoms with van der Waals surface area (Å²) in [5, 5.41) is 15.4. The number of carbonyl (C=O) groups excluding carboxylic acids is 2. The minimum atomic E-state index is -1.61. The Morgan fingerprint density at radius 2 is 1.96 bits per heavy atom. The predicted octanol–water partition coefficient (Wildman–Crippen LogP) is 8.20. The van der Waals surface area contributed by atoms with Gasteiger partial charge in [0.15, 0.2) is 0 Å². The van der Waals surface area contributed by atoms with Gasteiger partial charge in [-0.1, -0.05) is 76.0 Å². The topological polar surface area (TPSA) is 110 Å². The first-order valence-corrected chi connectivity index (χ1v) is 17.1. The maximum Gasteiger partial charge on any atom is 0.251 e. The molecule has 1 spiro atoms. The summed E-state index contributed by atoms with van der Waals surface area (Å²) >= 11 is 0. The van der Waals surface area contributed by atoms with Gasteiger partial charge in [0.25, 0.3) is 5.91 Å². The van der Waals surface area contributed by atoms with Gasteiger partial charge in [-0.25, -0.2) is 0 Å². The number of para-hydroxylation sites is 1. The Morgan fingerprint density at radius 3 is 2.67 bits per heavy atom. The Bertz CT molecular complexity index is 1830. The number of nitrogens with one attached hydrogen (secondary N) is 2. The fourth-order valence-electron chi connectivity index (χ4n) is 7.39. The number of aromatic hydroxyl groups is 1. The zero-order valence-corrected chi connectivity index (χ0v) is 29.0. The van der Waals surface area contributed by atoms with Gasteiger partial charge in [0.2, 0.25) is 11.5 Å². The van der Waals surface area contributed by atoms with Gasteiger partial charge in [0.1, 0.15) is 17.6 Å². The summed E-state index contributed by atoms with van der Waals surface area (Å²) in [5.41, 5.74) is 4.25. The van der Waals surface area contributed by atoms with Gasteiger partial charge in [-0.05, 0) is 44.9 Å². The lowest BCUT2D eigenvalue weighted by Gasteiger charge is -2.48. The van der Waals surface area contributed by atoms with Crippen molar-refractivity contribution in [3.63, 3.8) is 0 Å². The maximum absolute atomic E-state index is 14.3. The van der Waals surface area contributed by atoms with Gasteiger partial charge < -0.3 is 29.6 Å². The van der Waals surface area contributed by atoms with E-state index < -0.39 is 23.3 Å². The number of carbonyl (C=O) groups is 2. The average molecular weight is 653 g/mol. The summed E-state index contributed by atoms with van der Waals surface area (Å²) in [6.07, 6.45) is 8.63. The number of rotatable bonds is 10. The van der Waals surface area contributed by atoms with Crippen molar-refractivity contribution in [3.8, 4) is 11.5 Å². The van der Waals surface area contributed by atoms with Gasteiger partial charge >= 0.3 is 0 Å². The molecule has 0 bridgehead atoms. The molecule has 3 aliphatic rings. The molecule has 4 atom stereocenters. The average Bonchev–Trinajstić information content (AvgIpc) is 3.43. The number of aromatic amines is 1. The first-order chi connectivity index (χ1) is 22.9. The summed E-state index contributed by atoms with van der Waals surface area (Å²) < 4.78 is 19.4. The number of hydrogen-bond acceptors (Lipinski definition) is 6. The van der Waals surface area contributed by atoms with Gasteiger partial charge in [-0.3, -0.25) is 9.59 Å². The third-order valence-corrected chi connectivity index (χ3v) is 10.2. The third kappa shape index (κ3) is 5.90. The molecule has 0 aliphatic carbocycles. The monoisotopic (exact) mass is 652 g/mol. The normalized spacial score (nSPS) is 24.4. The van der Waals surface area contributed by atoms with Gasteiger partial charge in [-0.15, -0.1) is 6.58 Å². The minimum Gasteiger partial charge on any atom is -0.508 e. The van der Waals surface area contributed by atoms with E-state index in [0.717, 1.165) is 59.0 Å². The number of phenols is 1. The molecule has 3 aromatic rings. The molecule has 3 aliphatic heterocycles. The van der Waals surface area contributed by atoms with Crippen LogP contribution in [0.5, 0.6) is 11.5 Å². The summed E-state index contributed by atoms with van der Waals surface area (Å²) in [6, 6.07) is 9.65. The van der Waals surface area contributed by atoms with Crippen molar-refractivity contribution >= 4 is 28.7 Å². The van der Waals surface area contributed by atoms with Gasteiger partial charge in [0.05, 0.1) is 12.2 Å². The molecule has 1 aromatic heterocycles. The molecular formula is C40H48N2O6. The van der Waals surface area contributed by atoms with Gasteiger partial charge in [-0.2, -0.15) is 0 Å². The number of benzene rings is 2. The van der Waals surface area contributed by atoms with Crippen LogP contribution in [0.4, 0.5) is 0 Å². The van der Waals surface area contributed by atoms with Crippen LogP contribution >= 0.6 is 0 Å². The highest BCUT2D eigenvalue weighted by Crippen LogP contribution is 2.55. The molecule has 6 rings (SSSR count). The highest BCUT2D eigenvalue weighted by Gasteiger charge is 2.55. The number of piperidine rings is 1. The van der Waals surface area contributed by atoms with E-state index in [1.54, 1.807) is 13.2 Å². The Labute approximate surface area is 283 Å². The van der Waals surface area contributed by atoms with E-state index in [1.807, 2.05) is 56.3 Å². The second-order valence-electron chi connectivity index (χ2n) is 14.3. The van der Waals surface area contributed by atoms with Crippen molar-refractivity contribution in [1.29, 1.82) is 0 Å². The number of phenolic OH excluding ortho intramolecular Hbond substituents is 1. The van der Waals surface area contributed by atoms with E-state index in [0.29, 0.717) is 28.9 Å². The molecule has 48 heavy (non-hydrogen) atoms. The van der Waals surface area contributed by atoms with E-state index in [9.17, 15) is 14.7 Å². The lowest BCUT2D eigenvalue weighted by molar-refractivity contribution is -0.167. The van der Waals surface area contributed by atoms with Crippen LogP contribution in [0.25, 0.3) is 17.0 Å². The van der Waals surface area contributed by atoms with Crippen LogP contribution in [0.2, 0.25) is 0 Å². The van der Waals surface area contributed by atoms with E-state index in [4.69, 9.17) is 14.2 Å². The minimum absolute atomic E-state index is 0.0962. The molecule has 8 heteroatoms. The van der Waals surface area contributed by atoms with E-state index >= 15 is 0 Å². The van der Waals surface area contributed by atoms with E-state index in [1.165, 1.54) is 0 Å². The predicted molar refractivity (Wildman–Crippen MR) is 188 cm³/mol. The second kappa shape index (κ2) is 13.1. The molecular weight excluding hydrogens is 604 g/mol. The number of ether oxygens (including phenoxy) is 3. The lowest BCUT2D eigenvalue weighted by atomic mass is 9.79. The Morgan fingerprint density at radius 1 is 1.19 bits per heavy atom. The molecule has 4 heterocycles. The number of allylic oxidation sites excluding steroid dienone is 3. The summed E-state index contributed by atoms with van der Waals surface area (Å²) in [7, 11) is 1.63. The number of unbranched alkanes of at least 4 members (excludes halogenated alkanes) is 2. The molecule has 1 amide bonds. The molecule has 3 N–H and O–H groups in total. The zero-order chi connectivity index (χ0) is 34.4. The Kier molecular flexibility index (Phi) is 9.18. The first-order valence-electron chi connectivity index (χ1n) is 17.1. The molecule has 1 fully saturated rings. The van der Waals surface area contributed by atoms with Crippen LogP contribution in [0.3, 0.4) is 0 Å². The van der Waals surface area contributed by atoms with Gasteiger partial charge in [0, 0.05) is 69.8 Å². The standard InChI is InChI=1S/C40H48N2O6/c1-8-10-11-16-30-36(46-7)33-29(43)20-24(18-17-23(3)4)35-34(33)31(47-30)22-40(48-35)32(44)21-25(38(45)42-40)19-27-26-14-12-13-15-28(26)41-37(27)39(5,6)9-2/h9,12-15,17,19-20,30-31,36,41,43H,2,8,10-11,16,18,21-22H2,1,3-7H3,(H,42,45). The van der Waals surface area contributed by atoms with Crippen LogP contribution < -0.4 is 10.1 Å². The fraction of sp³-hybridized carbons (Fsp3) is 0.450. The van der Waals surface area contributed by atoms with Crippen LogP contribution in [-0.2, 0) is 30.9 Å². The lowest BCUT2D eigenvalue weighted by Crippen LogP contribution is -2.64. The van der Waals surface area contributed by atoms with Crippen molar-refractivity contribution in [2.75, 3.05) is 7.11 Å². The van der Waals surface area contributed by atoms with Crippen LogP contribution in [0.15, 0.2) is 60.2 Å². The number of methoxy groups -OCH3 is 1. The number of Topliss-reactive ketones (excluding diaryl/α,β-unsaturated/α-hetero) is 1. The smallest absolute Gasteiger partial charge is 0.251 e. The van der Waals surface area contributed by atoms with E-state index in [2.05, 4.69) is 37.7 Å². The number of amides is 1. The first kappa shape index (κ1) is 33.7. The van der Waals surface area contributed by atoms with Crippen molar-refractivity contribution in [3.05, 3.63) is 88.2 Å². The molecule has 0 saturated carbocycles. The van der Waals surface area contributed by atoms with Crippen molar-refractivity contribution < 1.29 is 28.9 Å². The number of ketones is 1. The molecule has 254 valence electrons. The molecule has 8 nitrogen and oxygen atoms in total. The highest BCUT2D eigenvalue weighted by molar-refractivity contribution is 6.11. The SMILES string of the molecule is C=CC(C)(C)c1[nH]c2ccccc2c1C=C1CC(=O)C2(CC3OC(CCCCC)C(OC)c4c(O)cc(CC=C(C)C)c(c43)O2)NC1=O. The number of fused-ring (bicyclic) bond motifs is 1. The van der Waals surface area contributed by atoms with Crippen molar-refractivity contribution in [2.24, 2.45) is 0 Å². The zero-order valence-electron chi connectivity index (χ0n) is 29.0. The number of aromatic nitrogens is 1. The molecule has 1 saturated heterocycles. The summed E-state index contributed by atoms with van der Waals surface area (Å²) in [5.74, 6) is -0.00239. The Hall–Kier alpha value is -4.14. The summed E-state index contributed by atoms with van der Waals surface area (Å²) in [6.45, 7) is 14.3. The van der Waals surface area contributed by atoms with Crippen molar-refractivity contribution in [1.82, 2.24) is 10.3 Å². The third-order valence-electron chi connectivity index (χ3n) is 10.2. The molecule has 0 radical (unpaired) electrons. The molecule has 2 aromatic carbocycles. The summed E-state index contributed by atoms with van der Waals surface area (Å²) in [4.78, 5) is 31.9. The maximum atomic E-state index is 14.3. The fourth-order valence-corrected chi connectivity index (χ4v) is 7.39. The van der Waals surface area contributed by atoms with Crippen molar-refractivity contribution in [2.45, 2.75) is 109 Å². The quantitative estimate of drug-likeness (QED) is 0.116. The Balaban J connectivity index is 1.42. The van der Waals surface area contributed by atoms with Crippen LogP contribution in [0, 0.1) is 0 Å². The van der Waals surface area contributed by atoms with Crippen LogP contribution in [0.1, 0.15) is 113 Å². The van der Waals surface area contributed by atoms with Crippen LogP contribution in [-0.4, -0.2) is 40.7 Å². The highest BCUT2D eigenvalue weighted by atomic mass is 16.6. The second-order valence-corrected chi connectivity index (χ2v) is 14.3. The number of hydrogen-bond donors (Lipinski definition) is 3. The number of H-pyrrole nitrogens is 1. The van der Waals surface area contributed by atoms with E-state index in [-0.39, 0.29) is 36.4 Å². The largest absolute Gasteiger partial charge is 0.508 e.